The van der Waals surface area contributed by atoms with Gasteiger partial charge in [-0.05, 0) is 49.7 Å². The van der Waals surface area contributed by atoms with E-state index in [9.17, 15) is 19.8 Å². The van der Waals surface area contributed by atoms with E-state index in [0.717, 1.165) is 5.56 Å². The predicted octanol–water partition coefficient (Wildman–Crippen LogP) is 2.57. The minimum Gasteiger partial charge on any atom is -0.395 e. The molecule has 0 atom stereocenters. The highest BCUT2D eigenvalue weighted by Crippen LogP contribution is 2.24. The van der Waals surface area contributed by atoms with Crippen LogP contribution in [0.2, 0.25) is 0 Å². The highest BCUT2D eigenvalue weighted by atomic mass is 16.3. The summed E-state index contributed by atoms with van der Waals surface area (Å²) in [7, 11) is 0. The molecule has 2 rings (SSSR count). The summed E-state index contributed by atoms with van der Waals surface area (Å²) in [5.74, 6) is -0.659. The maximum Gasteiger partial charge on any atom is 0.255 e. The molecule has 0 aliphatic heterocycles. The second kappa shape index (κ2) is 8.60. The van der Waals surface area contributed by atoms with Crippen molar-refractivity contribution >= 4 is 23.2 Å². The van der Waals surface area contributed by atoms with Crippen LogP contribution in [-0.4, -0.2) is 35.2 Å². The first kappa shape index (κ1) is 19.6. The van der Waals surface area contributed by atoms with Crippen molar-refractivity contribution in [3.05, 3.63) is 59.7 Å². The molecule has 2 amide bonds. The third-order valence-corrected chi connectivity index (χ3v) is 4.48. The van der Waals surface area contributed by atoms with Gasteiger partial charge in [-0.25, -0.2) is 0 Å². The lowest BCUT2D eigenvalue weighted by Gasteiger charge is -2.26. The largest absolute Gasteiger partial charge is 0.395 e. The normalized spacial score (nSPS) is 11.1. The van der Waals surface area contributed by atoms with Crippen LogP contribution in [-0.2, 0) is 4.79 Å². The number of amides is 2. The van der Waals surface area contributed by atoms with Crippen molar-refractivity contribution in [2.45, 2.75) is 20.3 Å². The Kier molecular flexibility index (Phi) is 6.49. The molecular weight excluding hydrogens is 332 g/mol. The van der Waals surface area contributed by atoms with Crippen molar-refractivity contribution in [1.82, 2.24) is 0 Å². The maximum absolute atomic E-state index is 12.3. The zero-order valence-electron chi connectivity index (χ0n) is 15.0. The third kappa shape index (κ3) is 4.47. The molecule has 0 aliphatic carbocycles. The molecule has 0 unspecified atom stereocenters. The van der Waals surface area contributed by atoms with E-state index in [1.165, 1.54) is 0 Å². The van der Waals surface area contributed by atoms with E-state index in [1.54, 1.807) is 43.3 Å². The molecule has 0 radical (unpaired) electrons. The second-order valence-electron chi connectivity index (χ2n) is 6.30. The Labute approximate surface area is 152 Å². The van der Waals surface area contributed by atoms with Gasteiger partial charge in [0.25, 0.3) is 5.91 Å². The average Bonchev–Trinajstić information content (AvgIpc) is 2.66. The van der Waals surface area contributed by atoms with Crippen molar-refractivity contribution in [1.29, 1.82) is 0 Å². The monoisotopic (exact) mass is 356 g/mol. The van der Waals surface area contributed by atoms with E-state index in [2.05, 4.69) is 10.6 Å². The fourth-order valence-corrected chi connectivity index (χ4v) is 2.39. The minimum atomic E-state index is -1.21. The van der Waals surface area contributed by atoms with Crippen LogP contribution in [0.4, 0.5) is 11.4 Å². The molecule has 0 fully saturated rings. The first-order valence-electron chi connectivity index (χ1n) is 8.45. The van der Waals surface area contributed by atoms with E-state index < -0.39 is 24.5 Å². The first-order valence-corrected chi connectivity index (χ1v) is 8.45. The molecule has 0 aliphatic rings. The lowest BCUT2D eigenvalue weighted by Crippen LogP contribution is -2.42. The molecule has 0 aromatic heterocycles. The topological polar surface area (TPSA) is 98.7 Å². The zero-order chi connectivity index (χ0) is 19.2. The summed E-state index contributed by atoms with van der Waals surface area (Å²) in [6, 6.07) is 13.9. The molecule has 6 nitrogen and oxygen atoms in total. The average molecular weight is 356 g/mol. The number of rotatable bonds is 7. The SMILES string of the molecule is CCC(CO)(CO)C(=O)Nc1ccc(NC(=O)c2ccc(C)cc2)cc1. The number of aliphatic hydroxyl groups is 2. The van der Waals surface area contributed by atoms with Crippen molar-refractivity contribution in [3.63, 3.8) is 0 Å². The quantitative estimate of drug-likeness (QED) is 0.613. The number of nitrogens with one attached hydrogen (secondary N) is 2. The van der Waals surface area contributed by atoms with Crippen molar-refractivity contribution < 1.29 is 19.8 Å². The molecule has 26 heavy (non-hydrogen) atoms. The van der Waals surface area contributed by atoms with Crippen LogP contribution in [0.25, 0.3) is 0 Å². The molecule has 2 aromatic carbocycles. The molecular formula is C20H24N2O4. The van der Waals surface area contributed by atoms with Crippen molar-refractivity contribution in [2.24, 2.45) is 5.41 Å². The van der Waals surface area contributed by atoms with Gasteiger partial charge in [0.1, 0.15) is 0 Å². The smallest absolute Gasteiger partial charge is 0.255 e. The van der Waals surface area contributed by atoms with E-state index >= 15 is 0 Å². The van der Waals surface area contributed by atoms with Crippen LogP contribution in [0.15, 0.2) is 48.5 Å². The van der Waals surface area contributed by atoms with E-state index in [-0.39, 0.29) is 5.91 Å². The Balaban J connectivity index is 2.03. The highest BCUT2D eigenvalue weighted by Gasteiger charge is 2.35. The molecule has 4 N–H and O–H groups in total. The number of aryl methyl sites for hydroxylation is 1. The number of carbonyl (C=O) groups is 2. The van der Waals surface area contributed by atoms with E-state index in [1.807, 2.05) is 19.1 Å². The maximum atomic E-state index is 12.3. The number of carbonyl (C=O) groups excluding carboxylic acids is 2. The number of aliphatic hydroxyl groups excluding tert-OH is 2. The number of benzene rings is 2. The van der Waals surface area contributed by atoms with Gasteiger partial charge < -0.3 is 20.8 Å². The molecule has 0 spiro atoms. The molecule has 0 heterocycles. The Morgan fingerprint density at radius 2 is 1.38 bits per heavy atom. The van der Waals surface area contributed by atoms with Gasteiger partial charge in [0, 0.05) is 16.9 Å². The molecule has 138 valence electrons. The third-order valence-electron chi connectivity index (χ3n) is 4.48. The Hall–Kier alpha value is -2.70. The number of hydrogen-bond acceptors (Lipinski definition) is 4. The molecule has 0 bridgehead atoms. The summed E-state index contributed by atoms with van der Waals surface area (Å²) in [6.07, 6.45) is 0.316. The van der Waals surface area contributed by atoms with Gasteiger partial charge in [0.15, 0.2) is 0 Å². The Bertz CT molecular complexity index is 742. The van der Waals surface area contributed by atoms with Gasteiger partial charge in [-0.3, -0.25) is 9.59 Å². The van der Waals surface area contributed by atoms with E-state index in [4.69, 9.17) is 0 Å². The van der Waals surface area contributed by atoms with Gasteiger partial charge in [-0.15, -0.1) is 0 Å². The Morgan fingerprint density at radius 3 is 1.85 bits per heavy atom. The summed E-state index contributed by atoms with van der Waals surface area (Å²) in [4.78, 5) is 24.5. The van der Waals surface area contributed by atoms with Gasteiger partial charge >= 0.3 is 0 Å². The van der Waals surface area contributed by atoms with Crippen LogP contribution in [0, 0.1) is 12.3 Å². The van der Waals surface area contributed by atoms with Gasteiger partial charge in [-0.2, -0.15) is 0 Å². The van der Waals surface area contributed by atoms with Gasteiger partial charge in [0.2, 0.25) is 5.91 Å². The standard InChI is InChI=1S/C20H24N2O4/c1-3-20(12-23,13-24)19(26)22-17-10-8-16(9-11-17)21-18(25)15-6-4-14(2)5-7-15/h4-11,23-24H,3,12-13H2,1-2H3,(H,21,25)(H,22,26). The summed E-state index contributed by atoms with van der Waals surface area (Å²) < 4.78 is 0. The molecule has 0 saturated carbocycles. The van der Waals surface area contributed by atoms with Crippen LogP contribution >= 0.6 is 0 Å². The highest BCUT2D eigenvalue weighted by molar-refractivity contribution is 6.04. The summed E-state index contributed by atoms with van der Waals surface area (Å²) in [6.45, 7) is 2.82. The van der Waals surface area contributed by atoms with Crippen LogP contribution in [0.3, 0.4) is 0 Å². The van der Waals surface area contributed by atoms with E-state index in [0.29, 0.717) is 23.4 Å². The van der Waals surface area contributed by atoms with Crippen LogP contribution in [0.1, 0.15) is 29.3 Å². The molecule has 6 heteroatoms. The van der Waals surface area contributed by atoms with Crippen molar-refractivity contribution in [3.8, 4) is 0 Å². The lowest BCUT2D eigenvalue weighted by atomic mass is 9.86. The molecule has 0 saturated heterocycles. The Morgan fingerprint density at radius 1 is 0.885 bits per heavy atom. The lowest BCUT2D eigenvalue weighted by molar-refractivity contribution is -0.130. The number of hydrogen-bond donors (Lipinski definition) is 4. The van der Waals surface area contributed by atoms with Gasteiger partial charge in [0.05, 0.1) is 18.6 Å². The molecule has 2 aromatic rings. The summed E-state index contributed by atoms with van der Waals surface area (Å²) in [5, 5.41) is 24.3. The second-order valence-corrected chi connectivity index (χ2v) is 6.30. The minimum absolute atomic E-state index is 0.215. The summed E-state index contributed by atoms with van der Waals surface area (Å²) in [5.41, 5.74) is 1.54. The van der Waals surface area contributed by atoms with Crippen molar-refractivity contribution in [2.75, 3.05) is 23.8 Å². The van der Waals surface area contributed by atoms with Crippen LogP contribution < -0.4 is 10.6 Å². The zero-order valence-corrected chi connectivity index (χ0v) is 15.0. The fourth-order valence-electron chi connectivity index (χ4n) is 2.39. The fraction of sp³-hybridized carbons (Fsp3) is 0.300. The summed E-state index contributed by atoms with van der Waals surface area (Å²) >= 11 is 0. The van der Waals surface area contributed by atoms with Gasteiger partial charge in [-0.1, -0.05) is 24.6 Å². The first-order chi connectivity index (χ1) is 12.4. The predicted molar refractivity (Wildman–Crippen MR) is 101 cm³/mol. The number of anilines is 2. The van der Waals surface area contributed by atoms with Crippen LogP contribution in [0.5, 0.6) is 0 Å².